The van der Waals surface area contributed by atoms with Crippen molar-refractivity contribution in [2.45, 2.75) is 31.9 Å². The number of hydrogen-bond acceptors (Lipinski definition) is 7. The average molecular weight is 400 g/mol. The number of aliphatic hydroxyl groups excluding tert-OH is 1. The Hall–Kier alpha value is -2.90. The van der Waals surface area contributed by atoms with Gasteiger partial charge in [0.25, 0.3) is 5.88 Å². The monoisotopic (exact) mass is 400 g/mol. The molecule has 0 radical (unpaired) electrons. The molecule has 0 aromatic carbocycles. The first-order valence-corrected chi connectivity index (χ1v) is 9.54. The van der Waals surface area contributed by atoms with Crippen LogP contribution in [0.2, 0.25) is 0 Å². The summed E-state index contributed by atoms with van der Waals surface area (Å²) in [7, 11) is 0. The molecular weight excluding hydrogens is 372 g/mol. The summed E-state index contributed by atoms with van der Waals surface area (Å²) in [5.41, 5.74) is 0.551. The van der Waals surface area contributed by atoms with Crippen LogP contribution in [0.15, 0.2) is 59.2 Å². The molecule has 0 amide bonds. The molecule has 156 valence electrons. The van der Waals surface area contributed by atoms with Crippen LogP contribution < -0.4 is 4.74 Å². The van der Waals surface area contributed by atoms with Crippen LogP contribution in [-0.2, 0) is 0 Å². The second-order valence-corrected chi connectivity index (χ2v) is 6.44. The normalized spacial score (nSPS) is 13.1. The van der Waals surface area contributed by atoms with Gasteiger partial charge in [0.2, 0.25) is 0 Å². The summed E-state index contributed by atoms with van der Waals surface area (Å²) in [5, 5.41) is 15.1. The predicted molar refractivity (Wildman–Crippen MR) is 110 cm³/mol. The number of hydrogen-bond donors (Lipinski definition) is 1. The lowest BCUT2D eigenvalue weighted by Gasteiger charge is -2.26. The van der Waals surface area contributed by atoms with Crippen LogP contribution in [0.3, 0.4) is 0 Å². The highest BCUT2D eigenvalue weighted by Gasteiger charge is 2.34. The van der Waals surface area contributed by atoms with E-state index in [1.165, 1.54) is 12.3 Å². The molecule has 2 rings (SSSR count). The molecule has 2 atom stereocenters. The summed E-state index contributed by atoms with van der Waals surface area (Å²) < 4.78 is 16.7. The summed E-state index contributed by atoms with van der Waals surface area (Å²) in [6.07, 6.45) is 7.63. The quantitative estimate of drug-likeness (QED) is 0.288. The maximum atomic E-state index is 11.3. The van der Waals surface area contributed by atoms with Gasteiger partial charge < -0.3 is 18.8 Å². The van der Waals surface area contributed by atoms with E-state index in [2.05, 4.69) is 24.9 Å². The fourth-order valence-electron chi connectivity index (χ4n) is 3.01. The van der Waals surface area contributed by atoms with Crippen LogP contribution in [-0.4, -0.2) is 41.1 Å². The van der Waals surface area contributed by atoms with Gasteiger partial charge in [-0.1, -0.05) is 31.6 Å². The van der Waals surface area contributed by atoms with Gasteiger partial charge in [-0.05, 0) is 17.6 Å². The van der Waals surface area contributed by atoms with E-state index in [1.807, 2.05) is 11.8 Å². The lowest BCUT2D eigenvalue weighted by molar-refractivity contribution is 0.111. The van der Waals surface area contributed by atoms with Crippen molar-refractivity contribution in [1.82, 2.24) is 10.1 Å². The van der Waals surface area contributed by atoms with Gasteiger partial charge in [0.05, 0.1) is 30.0 Å². The van der Waals surface area contributed by atoms with Crippen LogP contribution in [0.25, 0.3) is 0 Å². The number of carbonyl (C=O) groups is 1. The van der Waals surface area contributed by atoms with Crippen LogP contribution in [0, 0.1) is 0 Å². The zero-order chi connectivity index (χ0) is 21.2. The number of nitrogens with zero attached hydrogens (tertiary/aromatic N) is 2. The number of unbranched alkanes of at least 4 members (excludes halogenated alkanes) is 1. The third kappa shape index (κ3) is 5.13. The van der Waals surface area contributed by atoms with Crippen molar-refractivity contribution in [2.75, 3.05) is 19.7 Å². The fourth-order valence-corrected chi connectivity index (χ4v) is 3.01. The molecule has 0 fully saturated rings. The van der Waals surface area contributed by atoms with Gasteiger partial charge in [-0.25, -0.2) is 0 Å². The largest absolute Gasteiger partial charge is 0.475 e. The van der Waals surface area contributed by atoms with E-state index in [0.29, 0.717) is 37.3 Å². The fraction of sp³-hybridized carbons (Fsp3) is 0.364. The van der Waals surface area contributed by atoms with Crippen molar-refractivity contribution in [1.29, 1.82) is 0 Å². The molecule has 1 N–H and O–H groups in total. The van der Waals surface area contributed by atoms with Gasteiger partial charge in [0.1, 0.15) is 11.9 Å². The Kier molecular flexibility index (Phi) is 8.64. The molecule has 0 saturated carbocycles. The second-order valence-electron chi connectivity index (χ2n) is 6.44. The lowest BCUT2D eigenvalue weighted by Crippen LogP contribution is -2.28. The maximum Gasteiger partial charge on any atom is 0.260 e. The summed E-state index contributed by atoms with van der Waals surface area (Å²) >= 11 is 0. The van der Waals surface area contributed by atoms with Crippen molar-refractivity contribution < 1.29 is 23.6 Å². The van der Waals surface area contributed by atoms with Gasteiger partial charge in [0.15, 0.2) is 12.0 Å². The van der Waals surface area contributed by atoms with Crippen molar-refractivity contribution >= 4 is 6.29 Å². The van der Waals surface area contributed by atoms with Gasteiger partial charge in [-0.15, -0.1) is 19.7 Å². The number of aldehydes is 1. The highest BCUT2D eigenvalue weighted by Crippen LogP contribution is 2.39. The minimum atomic E-state index is -1.29. The van der Waals surface area contributed by atoms with Gasteiger partial charge in [0, 0.05) is 13.1 Å². The molecule has 2 aromatic rings. The number of aromatic nitrogens is 1. The molecule has 0 aliphatic carbocycles. The molecule has 1 unspecified atom stereocenters. The Morgan fingerprint density at radius 2 is 2.00 bits per heavy atom. The Labute approximate surface area is 170 Å². The van der Waals surface area contributed by atoms with Crippen LogP contribution in [0.5, 0.6) is 5.88 Å². The van der Waals surface area contributed by atoms with E-state index < -0.39 is 12.1 Å². The highest BCUT2D eigenvalue weighted by molar-refractivity contribution is 5.76. The molecule has 0 bridgehead atoms. The Morgan fingerprint density at radius 3 is 2.59 bits per heavy atom. The van der Waals surface area contributed by atoms with E-state index in [4.69, 9.17) is 13.7 Å². The van der Waals surface area contributed by atoms with Gasteiger partial charge in [-0.3, -0.25) is 9.69 Å². The molecular formula is C22H28N2O5. The van der Waals surface area contributed by atoms with Crippen molar-refractivity contribution in [3.05, 3.63) is 72.9 Å². The number of aliphatic hydroxyl groups is 1. The highest BCUT2D eigenvalue weighted by atomic mass is 16.5. The third-order valence-corrected chi connectivity index (χ3v) is 4.45. The van der Waals surface area contributed by atoms with Gasteiger partial charge >= 0.3 is 0 Å². The van der Waals surface area contributed by atoms with E-state index >= 15 is 0 Å². The molecule has 7 nitrogen and oxygen atoms in total. The van der Waals surface area contributed by atoms with E-state index in [1.54, 1.807) is 18.2 Å². The van der Waals surface area contributed by atoms with Crippen LogP contribution in [0.1, 0.15) is 59.4 Å². The number of ether oxygens (including phenoxy) is 1. The first kappa shape index (κ1) is 22.4. The molecule has 0 aliphatic heterocycles. The molecule has 0 aliphatic rings. The SMILES string of the molecule is C=CCN(CC=C)[C@@H](C=C)c1onc(OCCCC)c1C(O)c1occc1C=O. The third-order valence-electron chi connectivity index (χ3n) is 4.45. The average Bonchev–Trinajstić information content (AvgIpc) is 3.36. The Bertz CT molecular complexity index is 813. The molecule has 0 saturated heterocycles. The Balaban J connectivity index is 2.53. The minimum absolute atomic E-state index is 0.103. The van der Waals surface area contributed by atoms with Crippen molar-refractivity contribution in [2.24, 2.45) is 0 Å². The smallest absolute Gasteiger partial charge is 0.260 e. The number of furan rings is 1. The summed E-state index contributed by atoms with van der Waals surface area (Å²) in [6.45, 7) is 15.0. The van der Waals surface area contributed by atoms with Crippen LogP contribution >= 0.6 is 0 Å². The Morgan fingerprint density at radius 1 is 1.28 bits per heavy atom. The standard InChI is InChI=1S/C22H28N2O5/c1-5-9-13-28-22-18(19(26)20-16(15-25)10-14-27-20)21(29-23-22)17(8-4)24(11-6-2)12-7-3/h6-8,10,14-15,17,19,26H,2-5,9,11-13H2,1H3/t17-,19?/m0/s1. The van der Waals surface area contributed by atoms with Crippen molar-refractivity contribution in [3.63, 3.8) is 0 Å². The topological polar surface area (TPSA) is 88.9 Å². The first-order valence-electron chi connectivity index (χ1n) is 9.54. The lowest BCUT2D eigenvalue weighted by atomic mass is 10.0. The maximum absolute atomic E-state index is 11.3. The number of carbonyl (C=O) groups excluding carboxylic acids is 1. The molecule has 0 spiro atoms. The molecule has 2 heterocycles. The summed E-state index contributed by atoms with van der Waals surface area (Å²) in [5.74, 6) is 0.626. The molecule has 2 aromatic heterocycles. The second kappa shape index (κ2) is 11.2. The predicted octanol–water partition coefficient (Wildman–Crippen LogP) is 4.24. The zero-order valence-electron chi connectivity index (χ0n) is 16.8. The number of rotatable bonds is 14. The van der Waals surface area contributed by atoms with Gasteiger partial charge in [-0.2, -0.15) is 0 Å². The summed E-state index contributed by atoms with van der Waals surface area (Å²) in [4.78, 5) is 13.3. The van der Waals surface area contributed by atoms with E-state index in [-0.39, 0.29) is 17.2 Å². The first-order chi connectivity index (χ1) is 14.1. The molecule has 29 heavy (non-hydrogen) atoms. The van der Waals surface area contributed by atoms with E-state index in [9.17, 15) is 9.90 Å². The van der Waals surface area contributed by atoms with Crippen molar-refractivity contribution in [3.8, 4) is 5.88 Å². The summed E-state index contributed by atoms with van der Waals surface area (Å²) in [6, 6.07) is 1.06. The van der Waals surface area contributed by atoms with E-state index in [0.717, 1.165) is 12.8 Å². The molecule has 7 heteroatoms. The van der Waals surface area contributed by atoms with Crippen LogP contribution in [0.4, 0.5) is 0 Å². The zero-order valence-corrected chi connectivity index (χ0v) is 16.8. The minimum Gasteiger partial charge on any atom is -0.475 e.